The molecule has 1 aromatic heterocycles. The summed E-state index contributed by atoms with van der Waals surface area (Å²) in [7, 11) is -3.66. The number of rotatable bonds is 5. The Kier molecular flexibility index (Phi) is 6.17. The molecule has 1 aliphatic heterocycles. The fourth-order valence-corrected chi connectivity index (χ4v) is 6.18. The fraction of sp³-hybridized carbons (Fsp3) is 0.318. The van der Waals surface area contributed by atoms with Crippen LogP contribution < -0.4 is 5.32 Å². The summed E-state index contributed by atoms with van der Waals surface area (Å²) in [5.74, 6) is -0.406. The van der Waals surface area contributed by atoms with E-state index >= 15 is 0 Å². The molecule has 7 nitrogen and oxygen atoms in total. The van der Waals surface area contributed by atoms with E-state index < -0.39 is 15.9 Å². The molecule has 1 unspecified atom stereocenters. The standard InChI is InChI=1S/C22H24N4O3S2/c1-15-11-12-18(31(28,29)26-13-7-6-8-16(26)2)14-19(15)20(27)23-22-25-24-21(30-22)17-9-4-3-5-10-17/h3-5,9-12,14,16H,6-8,13H2,1-2H3,(H,23,25,27). The van der Waals surface area contributed by atoms with Crippen LogP contribution in [0.3, 0.4) is 0 Å². The Morgan fingerprint density at radius 2 is 1.90 bits per heavy atom. The Morgan fingerprint density at radius 3 is 2.65 bits per heavy atom. The van der Waals surface area contributed by atoms with Gasteiger partial charge in [-0.2, -0.15) is 4.31 Å². The Hall–Kier alpha value is -2.62. The number of hydrogen-bond donors (Lipinski definition) is 1. The fourth-order valence-electron chi connectivity index (χ4n) is 3.71. The third-order valence-corrected chi connectivity index (χ3v) is 8.37. The Balaban J connectivity index is 1.57. The van der Waals surface area contributed by atoms with E-state index in [0.717, 1.165) is 24.8 Å². The number of hydrogen-bond acceptors (Lipinski definition) is 6. The summed E-state index contributed by atoms with van der Waals surface area (Å²) in [5, 5.41) is 12.0. The number of carbonyl (C=O) groups excluding carboxylic acids is 1. The van der Waals surface area contributed by atoms with Gasteiger partial charge in [0.15, 0.2) is 0 Å². The van der Waals surface area contributed by atoms with E-state index in [9.17, 15) is 13.2 Å². The molecule has 4 rings (SSSR count). The summed E-state index contributed by atoms with van der Waals surface area (Å²) in [6, 6.07) is 14.2. The molecule has 162 valence electrons. The summed E-state index contributed by atoms with van der Waals surface area (Å²) in [6.45, 7) is 4.22. The van der Waals surface area contributed by atoms with Crippen molar-refractivity contribution in [3.63, 3.8) is 0 Å². The maximum absolute atomic E-state index is 13.2. The quantitative estimate of drug-likeness (QED) is 0.617. The van der Waals surface area contributed by atoms with Gasteiger partial charge in [-0.3, -0.25) is 10.1 Å². The monoisotopic (exact) mass is 456 g/mol. The van der Waals surface area contributed by atoms with Crippen molar-refractivity contribution in [2.45, 2.75) is 44.0 Å². The minimum Gasteiger partial charge on any atom is -0.296 e. The zero-order valence-corrected chi connectivity index (χ0v) is 19.0. The molecule has 1 aliphatic rings. The van der Waals surface area contributed by atoms with Crippen LogP contribution in [0.5, 0.6) is 0 Å². The Bertz CT molecular complexity index is 1190. The second kappa shape index (κ2) is 8.86. The molecule has 1 fully saturated rings. The van der Waals surface area contributed by atoms with Gasteiger partial charge >= 0.3 is 0 Å². The minimum absolute atomic E-state index is 0.0462. The molecule has 1 saturated heterocycles. The van der Waals surface area contributed by atoms with Crippen LogP contribution in [0, 0.1) is 6.92 Å². The lowest BCUT2D eigenvalue weighted by Gasteiger charge is -2.32. The van der Waals surface area contributed by atoms with Crippen molar-refractivity contribution in [2.75, 3.05) is 11.9 Å². The minimum atomic E-state index is -3.66. The third kappa shape index (κ3) is 4.53. The molecule has 2 heterocycles. The average molecular weight is 457 g/mol. The van der Waals surface area contributed by atoms with Gasteiger partial charge in [0.25, 0.3) is 5.91 Å². The van der Waals surface area contributed by atoms with Crippen molar-refractivity contribution in [1.82, 2.24) is 14.5 Å². The van der Waals surface area contributed by atoms with Gasteiger partial charge in [-0.25, -0.2) is 8.42 Å². The summed E-state index contributed by atoms with van der Waals surface area (Å²) < 4.78 is 27.9. The highest BCUT2D eigenvalue weighted by Crippen LogP contribution is 2.28. The summed E-state index contributed by atoms with van der Waals surface area (Å²) in [5.41, 5.74) is 1.92. The van der Waals surface area contributed by atoms with Crippen LogP contribution in [0.25, 0.3) is 10.6 Å². The van der Waals surface area contributed by atoms with Gasteiger partial charge in [0.05, 0.1) is 4.90 Å². The molecule has 0 radical (unpaired) electrons. The van der Waals surface area contributed by atoms with Gasteiger partial charge in [0.2, 0.25) is 15.2 Å². The number of piperidine rings is 1. The van der Waals surface area contributed by atoms with Crippen molar-refractivity contribution in [3.05, 3.63) is 59.7 Å². The normalized spacial score (nSPS) is 17.4. The molecule has 0 saturated carbocycles. The zero-order valence-electron chi connectivity index (χ0n) is 17.4. The van der Waals surface area contributed by atoms with Crippen molar-refractivity contribution in [3.8, 4) is 10.6 Å². The number of carbonyl (C=O) groups is 1. The molecule has 1 atom stereocenters. The topological polar surface area (TPSA) is 92.3 Å². The smallest absolute Gasteiger partial charge is 0.257 e. The third-order valence-electron chi connectivity index (χ3n) is 5.47. The molecule has 2 aromatic carbocycles. The molecular weight excluding hydrogens is 432 g/mol. The highest BCUT2D eigenvalue weighted by atomic mass is 32.2. The first kappa shape index (κ1) is 21.6. The lowest BCUT2D eigenvalue weighted by molar-refractivity contribution is 0.102. The van der Waals surface area contributed by atoms with Crippen LogP contribution in [0.15, 0.2) is 53.4 Å². The lowest BCUT2D eigenvalue weighted by atomic mass is 10.1. The number of benzene rings is 2. The predicted molar refractivity (Wildman–Crippen MR) is 122 cm³/mol. The molecule has 9 heteroatoms. The zero-order chi connectivity index (χ0) is 22.0. The molecule has 31 heavy (non-hydrogen) atoms. The van der Waals surface area contributed by atoms with Crippen LogP contribution >= 0.6 is 11.3 Å². The van der Waals surface area contributed by atoms with Crippen molar-refractivity contribution in [1.29, 1.82) is 0 Å². The van der Waals surface area contributed by atoms with E-state index in [4.69, 9.17) is 0 Å². The molecule has 1 amide bonds. The van der Waals surface area contributed by atoms with Crippen LogP contribution in [-0.2, 0) is 10.0 Å². The Labute approximate surface area is 186 Å². The van der Waals surface area contributed by atoms with E-state index in [1.165, 1.54) is 17.4 Å². The number of sulfonamides is 1. The largest absolute Gasteiger partial charge is 0.296 e. The van der Waals surface area contributed by atoms with Gasteiger partial charge in [-0.05, 0) is 44.4 Å². The van der Waals surface area contributed by atoms with Crippen LogP contribution in [-0.4, -0.2) is 41.4 Å². The molecule has 1 N–H and O–H groups in total. The first-order valence-electron chi connectivity index (χ1n) is 10.2. The van der Waals surface area contributed by atoms with Gasteiger partial charge in [0, 0.05) is 23.7 Å². The van der Waals surface area contributed by atoms with E-state index in [0.29, 0.717) is 27.8 Å². The van der Waals surface area contributed by atoms with E-state index in [1.54, 1.807) is 23.4 Å². The number of amides is 1. The number of aryl methyl sites for hydroxylation is 1. The van der Waals surface area contributed by atoms with E-state index in [-0.39, 0.29) is 10.9 Å². The lowest BCUT2D eigenvalue weighted by Crippen LogP contribution is -2.42. The van der Waals surface area contributed by atoms with Crippen LogP contribution in [0.2, 0.25) is 0 Å². The molecule has 3 aromatic rings. The average Bonchev–Trinajstić information content (AvgIpc) is 3.23. The first-order chi connectivity index (χ1) is 14.9. The van der Waals surface area contributed by atoms with Gasteiger partial charge in [0.1, 0.15) is 5.01 Å². The number of aromatic nitrogens is 2. The molecular formula is C22H24N4O3S2. The van der Waals surface area contributed by atoms with Crippen molar-refractivity contribution >= 4 is 32.4 Å². The van der Waals surface area contributed by atoms with Crippen LogP contribution in [0.1, 0.15) is 42.1 Å². The van der Waals surface area contributed by atoms with Crippen molar-refractivity contribution in [2.24, 2.45) is 0 Å². The second-order valence-electron chi connectivity index (χ2n) is 7.67. The summed E-state index contributed by atoms with van der Waals surface area (Å²) in [6.07, 6.45) is 2.73. The Morgan fingerprint density at radius 1 is 1.13 bits per heavy atom. The summed E-state index contributed by atoms with van der Waals surface area (Å²) in [4.78, 5) is 13.1. The maximum Gasteiger partial charge on any atom is 0.257 e. The molecule has 0 bridgehead atoms. The number of nitrogens with one attached hydrogen (secondary N) is 1. The van der Waals surface area contributed by atoms with Crippen LogP contribution in [0.4, 0.5) is 5.13 Å². The van der Waals surface area contributed by atoms with Crippen molar-refractivity contribution < 1.29 is 13.2 Å². The highest BCUT2D eigenvalue weighted by molar-refractivity contribution is 7.89. The maximum atomic E-state index is 13.2. The SMILES string of the molecule is Cc1ccc(S(=O)(=O)N2CCCCC2C)cc1C(=O)Nc1nnc(-c2ccccc2)s1. The first-order valence-corrected chi connectivity index (χ1v) is 12.4. The van der Waals surface area contributed by atoms with Gasteiger partial charge < -0.3 is 0 Å². The molecule has 0 spiro atoms. The second-order valence-corrected chi connectivity index (χ2v) is 10.5. The molecule has 0 aliphatic carbocycles. The van der Waals surface area contributed by atoms with E-state index in [1.807, 2.05) is 37.3 Å². The highest BCUT2D eigenvalue weighted by Gasteiger charge is 2.31. The number of nitrogens with zero attached hydrogens (tertiary/aromatic N) is 3. The van der Waals surface area contributed by atoms with Gasteiger partial charge in [-0.1, -0.05) is 54.2 Å². The predicted octanol–water partition coefficient (Wildman–Crippen LogP) is 4.33. The van der Waals surface area contributed by atoms with E-state index in [2.05, 4.69) is 15.5 Å². The summed E-state index contributed by atoms with van der Waals surface area (Å²) >= 11 is 1.27. The number of anilines is 1. The van der Waals surface area contributed by atoms with Gasteiger partial charge in [-0.15, -0.1) is 10.2 Å².